The molecule has 27 heavy (non-hydrogen) atoms. The van der Waals surface area contributed by atoms with Crippen molar-refractivity contribution in [3.8, 4) is 16.9 Å². The molecule has 0 radical (unpaired) electrons. The number of aliphatic hydroxyl groups is 1. The van der Waals surface area contributed by atoms with Crippen LogP contribution in [0.25, 0.3) is 21.3 Å². The first kappa shape index (κ1) is 18.7. The molecule has 0 saturated carbocycles. The average molecular weight is 403 g/mol. The number of hydrogen-bond donors (Lipinski definition) is 2. The lowest BCUT2D eigenvalue weighted by molar-refractivity contribution is 0.219. The second-order valence-corrected chi connectivity index (χ2v) is 8.61. The third-order valence-electron chi connectivity index (χ3n) is 5.11. The number of aromatic nitrogens is 1. The number of aryl methyl sites for hydroxylation is 1. The molecule has 0 unspecified atom stereocenters. The molecule has 1 saturated heterocycles. The van der Waals surface area contributed by atoms with Crippen LogP contribution in [0, 0.1) is 6.92 Å². The quantitative estimate of drug-likeness (QED) is 0.634. The van der Waals surface area contributed by atoms with Crippen LogP contribution in [-0.2, 0) is 6.61 Å². The first-order valence-electron chi connectivity index (χ1n) is 9.28. The van der Waals surface area contributed by atoms with Gasteiger partial charge in [0.2, 0.25) is 0 Å². The van der Waals surface area contributed by atoms with Gasteiger partial charge in [-0.15, -0.1) is 11.3 Å². The van der Waals surface area contributed by atoms with Gasteiger partial charge >= 0.3 is 0 Å². The van der Waals surface area contributed by atoms with Crippen LogP contribution in [-0.4, -0.2) is 28.8 Å². The van der Waals surface area contributed by atoms with E-state index in [9.17, 15) is 5.11 Å². The molecule has 3 aromatic rings. The third kappa shape index (κ3) is 3.69. The van der Waals surface area contributed by atoms with E-state index >= 15 is 0 Å². The summed E-state index contributed by atoms with van der Waals surface area (Å²) in [6.07, 6.45) is 4.08. The van der Waals surface area contributed by atoms with Crippen molar-refractivity contribution >= 4 is 33.2 Å². The highest BCUT2D eigenvalue weighted by atomic mass is 35.5. The zero-order chi connectivity index (χ0) is 19.0. The summed E-state index contributed by atoms with van der Waals surface area (Å²) in [4.78, 5) is 5.35. The number of thiophene rings is 1. The summed E-state index contributed by atoms with van der Waals surface area (Å²) >= 11 is 7.96. The van der Waals surface area contributed by atoms with Gasteiger partial charge < -0.3 is 15.2 Å². The van der Waals surface area contributed by atoms with Gasteiger partial charge in [-0.1, -0.05) is 18.5 Å². The maximum Gasteiger partial charge on any atom is 0.130 e. The maximum absolute atomic E-state index is 9.51. The van der Waals surface area contributed by atoms with Gasteiger partial charge in [-0.05, 0) is 43.2 Å². The van der Waals surface area contributed by atoms with E-state index in [1.165, 1.54) is 0 Å². The predicted octanol–water partition coefficient (Wildman–Crippen LogP) is 4.94. The standard InChI is InChI=1S/C21H23ClN2O2S/c1-3-14-8-15(10-24-14)26-20-12(2)6-13(22)7-18(20)17-4-5-23-19-9-16(11-25)27-21(17)19/h4-7,9,14-15,24-25H,3,8,10-11H2,1-2H3/t14-,15-/m0/s1. The van der Waals surface area contributed by atoms with Crippen LogP contribution in [0.4, 0.5) is 0 Å². The molecule has 4 nitrogen and oxygen atoms in total. The van der Waals surface area contributed by atoms with E-state index in [1.54, 1.807) is 17.5 Å². The molecule has 0 bridgehead atoms. The summed E-state index contributed by atoms with van der Waals surface area (Å²) in [7, 11) is 0. The summed E-state index contributed by atoms with van der Waals surface area (Å²) in [5.74, 6) is 0.884. The van der Waals surface area contributed by atoms with Crippen molar-refractivity contribution in [1.82, 2.24) is 10.3 Å². The number of halogens is 1. The summed E-state index contributed by atoms with van der Waals surface area (Å²) in [5.41, 5.74) is 3.95. The summed E-state index contributed by atoms with van der Waals surface area (Å²) < 4.78 is 7.52. The molecular weight excluding hydrogens is 380 g/mol. The number of benzene rings is 1. The minimum absolute atomic E-state index is 0.0184. The summed E-state index contributed by atoms with van der Waals surface area (Å²) in [6, 6.07) is 8.37. The fraction of sp³-hybridized carbons (Fsp3) is 0.381. The van der Waals surface area contributed by atoms with Crippen molar-refractivity contribution in [2.24, 2.45) is 0 Å². The Balaban J connectivity index is 1.80. The van der Waals surface area contributed by atoms with Crippen molar-refractivity contribution in [2.75, 3.05) is 6.54 Å². The molecule has 6 heteroatoms. The average Bonchev–Trinajstić information content (AvgIpc) is 3.29. The molecule has 3 heterocycles. The van der Waals surface area contributed by atoms with E-state index in [0.717, 1.165) is 56.9 Å². The number of hydrogen-bond acceptors (Lipinski definition) is 5. The lowest BCUT2D eigenvalue weighted by Crippen LogP contribution is -2.22. The van der Waals surface area contributed by atoms with Gasteiger partial charge in [-0.25, -0.2) is 0 Å². The van der Waals surface area contributed by atoms with Crippen molar-refractivity contribution in [2.45, 2.75) is 45.4 Å². The van der Waals surface area contributed by atoms with E-state index in [4.69, 9.17) is 16.3 Å². The van der Waals surface area contributed by atoms with Gasteiger partial charge in [0.1, 0.15) is 11.9 Å². The zero-order valence-electron chi connectivity index (χ0n) is 15.5. The highest BCUT2D eigenvalue weighted by molar-refractivity contribution is 7.19. The molecule has 4 rings (SSSR count). The van der Waals surface area contributed by atoms with Gasteiger partial charge in [-0.2, -0.15) is 0 Å². The van der Waals surface area contributed by atoms with Crippen molar-refractivity contribution in [3.05, 3.63) is 45.9 Å². The number of pyridine rings is 1. The number of fused-ring (bicyclic) bond motifs is 1. The van der Waals surface area contributed by atoms with Crippen LogP contribution in [0.15, 0.2) is 30.5 Å². The molecule has 2 aromatic heterocycles. The second kappa shape index (κ2) is 7.76. The molecule has 2 atom stereocenters. The number of nitrogens with zero attached hydrogens (tertiary/aromatic N) is 1. The van der Waals surface area contributed by atoms with Gasteiger partial charge in [0.05, 0.1) is 16.8 Å². The second-order valence-electron chi connectivity index (χ2n) is 7.03. The van der Waals surface area contributed by atoms with Gasteiger partial charge in [0, 0.05) is 46.2 Å². The highest BCUT2D eigenvalue weighted by Gasteiger charge is 2.26. The largest absolute Gasteiger partial charge is 0.488 e. The molecular formula is C21H23ClN2O2S. The fourth-order valence-corrected chi connectivity index (χ4v) is 4.99. The Morgan fingerprint density at radius 1 is 1.33 bits per heavy atom. The SMILES string of the molecule is CC[C@H]1C[C@H](Oc2c(C)cc(Cl)cc2-c2ccnc3cc(CO)sc23)CN1. The first-order chi connectivity index (χ1) is 13.1. The number of nitrogens with one attached hydrogen (secondary N) is 1. The van der Waals surface area contributed by atoms with Gasteiger partial charge in [-0.3, -0.25) is 4.98 Å². The van der Waals surface area contributed by atoms with Crippen molar-refractivity contribution < 1.29 is 9.84 Å². The predicted molar refractivity (Wildman–Crippen MR) is 112 cm³/mol. The van der Waals surface area contributed by atoms with Crippen LogP contribution < -0.4 is 10.1 Å². The number of ether oxygens (including phenoxy) is 1. The van der Waals surface area contributed by atoms with Crippen molar-refractivity contribution in [1.29, 1.82) is 0 Å². The topological polar surface area (TPSA) is 54.4 Å². The van der Waals surface area contributed by atoms with Crippen molar-refractivity contribution in [3.63, 3.8) is 0 Å². The Morgan fingerprint density at radius 2 is 2.19 bits per heavy atom. The Kier molecular flexibility index (Phi) is 5.37. The Labute approximate surface area is 168 Å². The summed E-state index contributed by atoms with van der Waals surface area (Å²) in [6.45, 7) is 5.11. The van der Waals surface area contributed by atoms with E-state index in [1.807, 2.05) is 31.2 Å². The molecule has 0 spiro atoms. The van der Waals surface area contributed by atoms with E-state index in [2.05, 4.69) is 17.2 Å². The van der Waals surface area contributed by atoms with E-state index in [0.29, 0.717) is 11.1 Å². The molecule has 1 aliphatic heterocycles. The molecule has 2 N–H and O–H groups in total. The number of rotatable bonds is 5. The van der Waals surface area contributed by atoms with Crippen LogP contribution in [0.1, 0.15) is 30.2 Å². The van der Waals surface area contributed by atoms with Gasteiger partial charge in [0.25, 0.3) is 0 Å². The molecule has 0 aliphatic carbocycles. The minimum atomic E-state index is 0.0184. The first-order valence-corrected chi connectivity index (χ1v) is 10.5. The smallest absolute Gasteiger partial charge is 0.130 e. The fourth-order valence-electron chi connectivity index (χ4n) is 3.71. The molecule has 1 aromatic carbocycles. The third-order valence-corrected chi connectivity index (χ3v) is 6.47. The molecule has 142 valence electrons. The van der Waals surface area contributed by atoms with Crippen LogP contribution in [0.5, 0.6) is 5.75 Å². The molecule has 1 fully saturated rings. The van der Waals surface area contributed by atoms with Gasteiger partial charge in [0.15, 0.2) is 0 Å². The molecule has 1 aliphatic rings. The normalized spacial score (nSPS) is 19.7. The Hall–Kier alpha value is -1.66. The van der Waals surface area contributed by atoms with E-state index < -0.39 is 0 Å². The van der Waals surface area contributed by atoms with E-state index in [-0.39, 0.29) is 12.7 Å². The monoisotopic (exact) mass is 402 g/mol. The lowest BCUT2D eigenvalue weighted by Gasteiger charge is -2.19. The molecule has 0 amide bonds. The van der Waals surface area contributed by atoms with Crippen LogP contribution in [0.3, 0.4) is 0 Å². The van der Waals surface area contributed by atoms with Crippen LogP contribution >= 0.6 is 22.9 Å². The Bertz CT molecular complexity index is 972. The Morgan fingerprint density at radius 3 is 2.93 bits per heavy atom. The van der Waals surface area contributed by atoms with Crippen LogP contribution in [0.2, 0.25) is 5.02 Å². The maximum atomic E-state index is 9.51. The summed E-state index contributed by atoms with van der Waals surface area (Å²) in [5, 5.41) is 13.7. The number of aliphatic hydroxyl groups excluding tert-OH is 1. The zero-order valence-corrected chi connectivity index (χ0v) is 17.0. The minimum Gasteiger partial charge on any atom is -0.488 e. The highest BCUT2D eigenvalue weighted by Crippen LogP contribution is 2.42. The lowest BCUT2D eigenvalue weighted by atomic mass is 10.0.